The quantitative estimate of drug-likeness (QED) is 0.170. The standard InChI is InChI=1S/C24H40N2OS3/c1-7-8-9-17-30(5,6)18-14-20(2)29-21(3)23-12-10-22(19-25)11-13-24(23)26(4)15-16-27-28/h11,13,22,28H,2-3,7-10,12,14-18H2,1,4-6H3. The van der Waals surface area contributed by atoms with Crippen LogP contribution in [0.3, 0.4) is 0 Å². The highest BCUT2D eigenvalue weighted by molar-refractivity contribution is 8.32. The Kier molecular flexibility index (Phi) is 13.1. The van der Waals surface area contributed by atoms with Gasteiger partial charge in [-0.1, -0.05) is 50.8 Å². The van der Waals surface area contributed by atoms with E-state index in [0.29, 0.717) is 6.61 Å². The molecule has 1 unspecified atom stereocenters. The third-order valence-electron chi connectivity index (χ3n) is 5.43. The van der Waals surface area contributed by atoms with E-state index in [1.54, 1.807) is 11.8 Å². The Balaban J connectivity index is 2.79. The Morgan fingerprint density at radius 2 is 2.10 bits per heavy atom. The SMILES string of the molecule is C=C(CCS(C)(C)CCCCC)SC(=C)C1=C(N(C)CCOS)C=CC(C#N)CC1. The van der Waals surface area contributed by atoms with Crippen molar-refractivity contribution in [3.05, 3.63) is 46.4 Å². The van der Waals surface area contributed by atoms with Crippen molar-refractivity contribution in [3.8, 4) is 6.07 Å². The summed E-state index contributed by atoms with van der Waals surface area (Å²) in [7, 11) is 1.50. The number of hydrogen-bond donors (Lipinski definition) is 1. The molecule has 0 aliphatic heterocycles. The van der Waals surface area contributed by atoms with Gasteiger partial charge in [-0.15, -0.1) is 0 Å². The lowest BCUT2D eigenvalue weighted by molar-refractivity contribution is 0.305. The fourth-order valence-corrected chi connectivity index (χ4v) is 6.48. The molecular weight excluding hydrogens is 428 g/mol. The van der Waals surface area contributed by atoms with E-state index < -0.39 is 10.0 Å². The molecule has 0 heterocycles. The van der Waals surface area contributed by atoms with Crippen molar-refractivity contribution in [2.24, 2.45) is 5.92 Å². The average molecular weight is 469 g/mol. The van der Waals surface area contributed by atoms with Crippen LogP contribution in [0.1, 0.15) is 45.4 Å². The van der Waals surface area contributed by atoms with E-state index in [1.165, 1.54) is 41.2 Å². The van der Waals surface area contributed by atoms with Crippen LogP contribution in [0.2, 0.25) is 0 Å². The lowest BCUT2D eigenvalue weighted by Gasteiger charge is -2.31. The van der Waals surface area contributed by atoms with Crippen LogP contribution in [0.15, 0.2) is 46.4 Å². The first kappa shape index (κ1) is 27.3. The molecule has 1 aliphatic rings. The van der Waals surface area contributed by atoms with E-state index in [0.717, 1.165) is 36.4 Å². The zero-order valence-electron chi connectivity index (χ0n) is 19.3. The zero-order valence-corrected chi connectivity index (χ0v) is 21.8. The number of likely N-dealkylation sites (N-methyl/N-ethyl adjacent to an activating group) is 1. The fourth-order valence-electron chi connectivity index (χ4n) is 3.40. The zero-order chi connectivity index (χ0) is 22.6. The molecule has 1 rings (SSSR count). The summed E-state index contributed by atoms with van der Waals surface area (Å²) >= 11 is 5.57. The molecule has 0 amide bonds. The van der Waals surface area contributed by atoms with Gasteiger partial charge in [0, 0.05) is 24.2 Å². The molecule has 0 aromatic rings. The highest BCUT2D eigenvalue weighted by Gasteiger charge is 2.20. The first-order valence-corrected chi connectivity index (χ1v) is 14.7. The van der Waals surface area contributed by atoms with Crippen molar-refractivity contribution in [1.82, 2.24) is 4.90 Å². The summed E-state index contributed by atoms with van der Waals surface area (Å²) < 4.78 is 4.95. The minimum Gasteiger partial charge on any atom is -0.372 e. The summed E-state index contributed by atoms with van der Waals surface area (Å²) in [6.07, 6.45) is 15.7. The summed E-state index contributed by atoms with van der Waals surface area (Å²) in [5.74, 6) is 2.53. The van der Waals surface area contributed by atoms with E-state index in [2.05, 4.69) is 62.5 Å². The summed E-state index contributed by atoms with van der Waals surface area (Å²) in [5, 5.41) is 9.37. The molecule has 0 spiro atoms. The molecule has 30 heavy (non-hydrogen) atoms. The molecule has 0 saturated carbocycles. The van der Waals surface area contributed by atoms with E-state index in [9.17, 15) is 5.26 Å². The number of thiol groups is 1. The topological polar surface area (TPSA) is 36.3 Å². The molecule has 6 heteroatoms. The van der Waals surface area contributed by atoms with Gasteiger partial charge in [0.2, 0.25) is 0 Å². The minimum atomic E-state index is -0.553. The number of rotatable bonds is 14. The molecule has 0 bridgehead atoms. The van der Waals surface area contributed by atoms with Gasteiger partial charge >= 0.3 is 0 Å². The van der Waals surface area contributed by atoms with Gasteiger partial charge in [-0.25, -0.2) is 10.0 Å². The Bertz CT molecular complexity index is 676. The van der Waals surface area contributed by atoms with Gasteiger partial charge in [0.05, 0.1) is 18.6 Å². The Hall–Kier alpha value is -0.740. The van der Waals surface area contributed by atoms with Crippen LogP contribution in [0.4, 0.5) is 0 Å². The normalized spacial score (nSPS) is 17.4. The summed E-state index contributed by atoms with van der Waals surface area (Å²) in [4.78, 5) is 4.40. The van der Waals surface area contributed by atoms with Crippen LogP contribution >= 0.6 is 34.7 Å². The van der Waals surface area contributed by atoms with Gasteiger partial charge in [-0.2, -0.15) is 5.26 Å². The highest BCUT2D eigenvalue weighted by atomic mass is 32.3. The van der Waals surface area contributed by atoms with Gasteiger partial charge in [-0.3, -0.25) is 0 Å². The van der Waals surface area contributed by atoms with Crippen LogP contribution in [-0.4, -0.2) is 49.1 Å². The van der Waals surface area contributed by atoms with Gasteiger partial charge in [-0.05, 0) is 79.2 Å². The Morgan fingerprint density at radius 3 is 2.73 bits per heavy atom. The number of unbranched alkanes of at least 4 members (excludes halogenated alkanes) is 2. The third kappa shape index (κ3) is 10.0. The number of thioether (sulfide) groups is 1. The molecule has 3 nitrogen and oxygen atoms in total. The highest BCUT2D eigenvalue weighted by Crippen LogP contribution is 2.44. The van der Waals surface area contributed by atoms with Crippen molar-refractivity contribution in [2.75, 3.05) is 44.2 Å². The third-order valence-corrected chi connectivity index (χ3v) is 9.31. The molecule has 0 aromatic heterocycles. The second kappa shape index (κ2) is 14.3. The van der Waals surface area contributed by atoms with Gasteiger partial charge < -0.3 is 9.08 Å². The van der Waals surface area contributed by atoms with Crippen LogP contribution < -0.4 is 0 Å². The van der Waals surface area contributed by atoms with E-state index in [4.69, 9.17) is 4.18 Å². The second-order valence-electron chi connectivity index (χ2n) is 8.45. The largest absolute Gasteiger partial charge is 0.372 e. The van der Waals surface area contributed by atoms with Crippen molar-refractivity contribution < 1.29 is 4.18 Å². The maximum absolute atomic E-state index is 9.37. The number of allylic oxidation sites excluding steroid dienone is 4. The number of nitriles is 1. The maximum Gasteiger partial charge on any atom is 0.0785 e. The van der Waals surface area contributed by atoms with Crippen molar-refractivity contribution in [1.29, 1.82) is 5.26 Å². The lowest BCUT2D eigenvalue weighted by Crippen LogP contribution is -2.22. The Labute approximate surface area is 196 Å². The van der Waals surface area contributed by atoms with Gasteiger partial charge in [0.15, 0.2) is 0 Å². The predicted octanol–water partition coefficient (Wildman–Crippen LogP) is 6.93. The first-order valence-electron chi connectivity index (χ1n) is 10.8. The molecule has 0 radical (unpaired) electrons. The maximum atomic E-state index is 9.37. The fraction of sp³-hybridized carbons (Fsp3) is 0.625. The monoisotopic (exact) mass is 468 g/mol. The number of nitrogens with zero attached hydrogens (tertiary/aromatic N) is 2. The van der Waals surface area contributed by atoms with Crippen LogP contribution in [0, 0.1) is 17.2 Å². The van der Waals surface area contributed by atoms with Crippen LogP contribution in [0.25, 0.3) is 0 Å². The van der Waals surface area contributed by atoms with Crippen molar-refractivity contribution in [3.63, 3.8) is 0 Å². The van der Waals surface area contributed by atoms with E-state index in [-0.39, 0.29) is 5.92 Å². The molecule has 1 aliphatic carbocycles. The van der Waals surface area contributed by atoms with Crippen molar-refractivity contribution in [2.45, 2.75) is 45.4 Å². The van der Waals surface area contributed by atoms with E-state index in [1.807, 2.05) is 13.1 Å². The van der Waals surface area contributed by atoms with Crippen molar-refractivity contribution >= 4 is 34.7 Å². The van der Waals surface area contributed by atoms with Gasteiger partial charge in [0.1, 0.15) is 0 Å². The predicted molar refractivity (Wildman–Crippen MR) is 141 cm³/mol. The number of hydrogen-bond acceptors (Lipinski definition) is 5. The molecule has 0 fully saturated rings. The Morgan fingerprint density at radius 1 is 1.37 bits per heavy atom. The molecule has 170 valence electrons. The summed E-state index contributed by atoms with van der Waals surface area (Å²) in [6.45, 7) is 12.3. The van der Waals surface area contributed by atoms with Gasteiger partial charge in [0.25, 0.3) is 0 Å². The average Bonchev–Trinajstić information content (AvgIpc) is 2.93. The first-order chi connectivity index (χ1) is 14.2. The van der Waals surface area contributed by atoms with E-state index >= 15 is 0 Å². The summed E-state index contributed by atoms with van der Waals surface area (Å²) in [5.41, 5.74) is 2.33. The molecular formula is C24H40N2OS3. The molecule has 1 atom stereocenters. The van der Waals surface area contributed by atoms with Crippen LogP contribution in [-0.2, 0) is 4.18 Å². The molecule has 0 aromatic carbocycles. The van der Waals surface area contributed by atoms with Crippen LogP contribution in [0.5, 0.6) is 0 Å². The molecule has 0 N–H and O–H groups in total. The second-order valence-corrected chi connectivity index (χ2v) is 14.3. The minimum absolute atomic E-state index is 0.0550. The summed E-state index contributed by atoms with van der Waals surface area (Å²) in [6, 6.07) is 2.38. The smallest absolute Gasteiger partial charge is 0.0785 e. The lowest BCUT2D eigenvalue weighted by atomic mass is 10.0. The molecule has 0 saturated heterocycles.